The molecule has 0 bridgehead atoms. The van der Waals surface area contributed by atoms with Crippen molar-refractivity contribution in [2.24, 2.45) is 0 Å². The van der Waals surface area contributed by atoms with E-state index in [9.17, 15) is 14.7 Å². The van der Waals surface area contributed by atoms with E-state index in [0.717, 1.165) is 24.0 Å². The van der Waals surface area contributed by atoms with Crippen molar-refractivity contribution in [3.8, 4) is 11.5 Å². The fourth-order valence-electron chi connectivity index (χ4n) is 5.33. The molecule has 1 aliphatic rings. The Kier molecular flexibility index (Phi) is 8.10. The maximum absolute atomic E-state index is 13.6. The van der Waals surface area contributed by atoms with Crippen molar-refractivity contribution in [2.75, 3.05) is 20.3 Å². The van der Waals surface area contributed by atoms with Gasteiger partial charge in [-0.15, -0.1) is 0 Å². The van der Waals surface area contributed by atoms with Crippen molar-refractivity contribution in [2.45, 2.75) is 46.1 Å². The topological polar surface area (TPSA) is 93.4 Å². The summed E-state index contributed by atoms with van der Waals surface area (Å²) in [5, 5.41) is 11.7. The summed E-state index contributed by atoms with van der Waals surface area (Å²) in [7, 11) is 1.56. The Balaban J connectivity index is 1.63. The summed E-state index contributed by atoms with van der Waals surface area (Å²) in [6.07, 6.45) is 4.31. The molecule has 1 fully saturated rings. The maximum atomic E-state index is 13.6. The van der Waals surface area contributed by atoms with Crippen LogP contribution >= 0.6 is 0 Å². The Morgan fingerprint density at radius 2 is 1.80 bits per heavy atom. The number of likely N-dealkylation sites (tertiary alicyclic amines) is 1. The number of aryl methyl sites for hydroxylation is 2. The van der Waals surface area contributed by atoms with E-state index in [0.29, 0.717) is 41.4 Å². The number of hydrogen-bond donors (Lipinski definition) is 1. The SMILES string of the molecule is CCCCOc1ccc(C2C(=C(O)c3nc4c(C)cccn4c3C)C(=O)C(=O)N2CCc2ccccc2)cc1OC. The number of carbonyl (C=O) groups is 2. The predicted octanol–water partition coefficient (Wildman–Crippen LogP) is 5.80. The zero-order chi connectivity index (χ0) is 29.1. The normalized spacial score (nSPS) is 16.5. The number of methoxy groups -OCH3 is 1. The van der Waals surface area contributed by atoms with E-state index in [4.69, 9.17) is 9.47 Å². The van der Waals surface area contributed by atoms with Gasteiger partial charge in [0.2, 0.25) is 0 Å². The summed E-state index contributed by atoms with van der Waals surface area (Å²) in [6, 6.07) is 18.2. The minimum atomic E-state index is -0.831. The molecular weight excluding hydrogens is 518 g/mol. The second-order valence-corrected chi connectivity index (χ2v) is 10.3. The van der Waals surface area contributed by atoms with Gasteiger partial charge >= 0.3 is 0 Å². The monoisotopic (exact) mass is 553 g/mol. The molecule has 1 amide bonds. The number of pyridine rings is 1. The summed E-state index contributed by atoms with van der Waals surface area (Å²) >= 11 is 0. The number of Topliss-reactive ketones (excluding diaryl/α,β-unsaturated/α-hetero) is 1. The zero-order valence-corrected chi connectivity index (χ0v) is 23.9. The highest BCUT2D eigenvalue weighted by molar-refractivity contribution is 6.46. The lowest BCUT2D eigenvalue weighted by molar-refractivity contribution is -0.139. The van der Waals surface area contributed by atoms with Crippen LogP contribution in [0.25, 0.3) is 11.4 Å². The smallest absolute Gasteiger partial charge is 0.295 e. The number of rotatable bonds is 10. The van der Waals surface area contributed by atoms with E-state index in [2.05, 4.69) is 11.9 Å². The van der Waals surface area contributed by atoms with E-state index >= 15 is 0 Å². The number of unbranched alkanes of at least 4 members (excludes halogenated alkanes) is 1. The third kappa shape index (κ3) is 5.29. The van der Waals surface area contributed by atoms with Crippen LogP contribution in [-0.2, 0) is 16.0 Å². The molecule has 2 aromatic heterocycles. The summed E-state index contributed by atoms with van der Waals surface area (Å²) in [5.74, 6) is -0.619. The molecule has 0 aliphatic carbocycles. The molecule has 1 aliphatic heterocycles. The molecule has 1 N–H and O–H groups in total. The van der Waals surface area contributed by atoms with Crippen LogP contribution in [0.3, 0.4) is 0 Å². The number of hydrogen-bond acceptors (Lipinski definition) is 6. The Hall–Kier alpha value is -4.59. The number of amides is 1. The Morgan fingerprint density at radius 1 is 1.02 bits per heavy atom. The second-order valence-electron chi connectivity index (χ2n) is 10.3. The highest BCUT2D eigenvalue weighted by Gasteiger charge is 2.46. The number of aliphatic hydroxyl groups is 1. The lowest BCUT2D eigenvalue weighted by Gasteiger charge is -2.26. The largest absolute Gasteiger partial charge is 0.505 e. The van der Waals surface area contributed by atoms with E-state index < -0.39 is 17.7 Å². The lowest BCUT2D eigenvalue weighted by Crippen LogP contribution is -2.31. The van der Waals surface area contributed by atoms with Crippen LogP contribution < -0.4 is 9.47 Å². The number of aromatic nitrogens is 2. The molecule has 0 saturated carbocycles. The van der Waals surface area contributed by atoms with Crippen LogP contribution in [0.1, 0.15) is 53.9 Å². The number of carbonyl (C=O) groups excluding carboxylic acids is 2. The Labute approximate surface area is 239 Å². The number of imidazole rings is 1. The van der Waals surface area contributed by atoms with Gasteiger partial charge in [-0.1, -0.05) is 55.8 Å². The first-order valence-electron chi connectivity index (χ1n) is 13.9. The van der Waals surface area contributed by atoms with Crippen LogP contribution in [0.4, 0.5) is 0 Å². The molecule has 212 valence electrons. The highest BCUT2D eigenvalue weighted by Crippen LogP contribution is 2.42. The van der Waals surface area contributed by atoms with Gasteiger partial charge in [0, 0.05) is 12.7 Å². The quantitative estimate of drug-likeness (QED) is 0.115. The molecule has 1 saturated heterocycles. The third-order valence-electron chi connectivity index (χ3n) is 7.59. The maximum Gasteiger partial charge on any atom is 0.295 e. The number of aliphatic hydroxyl groups excluding tert-OH is 1. The van der Waals surface area contributed by atoms with Crippen molar-refractivity contribution in [1.29, 1.82) is 0 Å². The number of benzene rings is 2. The minimum absolute atomic E-state index is 0.00826. The summed E-state index contributed by atoms with van der Waals surface area (Å²) in [4.78, 5) is 33.3. The second kappa shape index (κ2) is 11.9. The van der Waals surface area contributed by atoms with Crippen LogP contribution in [0.2, 0.25) is 0 Å². The van der Waals surface area contributed by atoms with Crippen LogP contribution in [0.5, 0.6) is 11.5 Å². The number of nitrogens with zero attached hydrogens (tertiary/aromatic N) is 3. The molecule has 1 atom stereocenters. The molecule has 8 heteroatoms. The minimum Gasteiger partial charge on any atom is -0.505 e. The average molecular weight is 554 g/mol. The van der Waals surface area contributed by atoms with Crippen molar-refractivity contribution in [3.05, 3.63) is 101 Å². The van der Waals surface area contributed by atoms with Gasteiger partial charge in [-0.3, -0.25) is 9.59 Å². The Bertz CT molecular complexity index is 1620. The molecular formula is C33H35N3O5. The standard InChI is InChI=1S/C33H35N3O5/c1-5-6-19-41-25-15-14-24(20-26(25)40-4)29-27(30(37)28-22(3)35-17-10-11-21(2)32(35)34-28)31(38)33(39)36(29)18-16-23-12-8-7-9-13-23/h7-15,17,20,29,37H,5-6,16,18-19H2,1-4H3. The molecule has 1 unspecified atom stereocenters. The van der Waals surface area contributed by atoms with Crippen LogP contribution in [0, 0.1) is 13.8 Å². The highest BCUT2D eigenvalue weighted by atomic mass is 16.5. The van der Waals surface area contributed by atoms with Gasteiger partial charge in [0.25, 0.3) is 11.7 Å². The van der Waals surface area contributed by atoms with Gasteiger partial charge in [-0.2, -0.15) is 0 Å². The van der Waals surface area contributed by atoms with Gasteiger partial charge in [0.1, 0.15) is 11.3 Å². The Morgan fingerprint density at radius 3 is 2.51 bits per heavy atom. The van der Waals surface area contributed by atoms with Crippen LogP contribution in [0.15, 0.2) is 72.4 Å². The van der Waals surface area contributed by atoms with Crippen molar-refractivity contribution in [3.63, 3.8) is 0 Å². The number of ketones is 1. The molecule has 0 spiro atoms. The molecule has 41 heavy (non-hydrogen) atoms. The summed E-state index contributed by atoms with van der Waals surface area (Å²) in [5.41, 5.74) is 4.24. The van der Waals surface area contributed by atoms with Gasteiger partial charge in [0.05, 0.1) is 31.0 Å². The lowest BCUT2D eigenvalue weighted by atomic mass is 9.95. The van der Waals surface area contributed by atoms with E-state index in [-0.39, 0.29) is 23.6 Å². The fraction of sp³-hybridized carbons (Fsp3) is 0.303. The third-order valence-corrected chi connectivity index (χ3v) is 7.59. The van der Waals surface area contributed by atoms with Gasteiger partial charge in [-0.05, 0) is 61.6 Å². The van der Waals surface area contributed by atoms with Gasteiger partial charge in [0.15, 0.2) is 17.3 Å². The average Bonchev–Trinajstić information content (AvgIpc) is 3.46. The summed E-state index contributed by atoms with van der Waals surface area (Å²) in [6.45, 7) is 6.70. The molecule has 0 radical (unpaired) electrons. The zero-order valence-electron chi connectivity index (χ0n) is 23.9. The van der Waals surface area contributed by atoms with Gasteiger partial charge < -0.3 is 23.9 Å². The first-order valence-corrected chi connectivity index (χ1v) is 13.9. The predicted molar refractivity (Wildman–Crippen MR) is 157 cm³/mol. The first kappa shape index (κ1) is 28.0. The molecule has 8 nitrogen and oxygen atoms in total. The van der Waals surface area contributed by atoms with E-state index in [1.807, 2.05) is 73.0 Å². The van der Waals surface area contributed by atoms with Crippen LogP contribution in [-0.4, -0.2) is 51.3 Å². The van der Waals surface area contributed by atoms with Crippen molar-refractivity contribution in [1.82, 2.24) is 14.3 Å². The molecule has 2 aromatic carbocycles. The van der Waals surface area contributed by atoms with Crippen molar-refractivity contribution < 1.29 is 24.2 Å². The summed E-state index contributed by atoms with van der Waals surface area (Å²) < 4.78 is 13.4. The molecule has 3 heterocycles. The van der Waals surface area contributed by atoms with Gasteiger partial charge in [-0.25, -0.2) is 4.98 Å². The fourth-order valence-corrected chi connectivity index (χ4v) is 5.33. The molecule has 4 aromatic rings. The number of fused-ring (bicyclic) bond motifs is 1. The first-order chi connectivity index (χ1) is 19.8. The van der Waals surface area contributed by atoms with Crippen molar-refractivity contribution >= 4 is 23.1 Å². The van der Waals surface area contributed by atoms with E-state index in [1.54, 1.807) is 19.2 Å². The number of ether oxygens (including phenoxy) is 2. The molecule has 5 rings (SSSR count). The van der Waals surface area contributed by atoms with E-state index in [1.165, 1.54) is 4.90 Å².